The zero-order chi connectivity index (χ0) is 18.3. The van der Waals surface area contributed by atoms with Crippen LogP contribution in [0.4, 0.5) is 0 Å². The van der Waals surface area contributed by atoms with E-state index in [9.17, 15) is 0 Å². The monoisotopic (exact) mass is 351 g/mol. The Kier molecular flexibility index (Phi) is 7.25. The van der Waals surface area contributed by atoms with Crippen molar-refractivity contribution < 1.29 is 9.15 Å². The minimum absolute atomic E-state index is 0.0281. The number of aromatic nitrogens is 1. The number of hydrogen-bond acceptors (Lipinski definition) is 5. The molecule has 0 unspecified atom stereocenters. The topological polar surface area (TPSA) is 74.9 Å². The normalized spacial score (nSPS) is 15.7. The van der Waals surface area contributed by atoms with Crippen LogP contribution in [0.1, 0.15) is 45.3 Å². The fraction of sp³-hybridized carbons (Fsp3) is 0.778. The molecule has 1 heterocycles. The molecule has 7 nitrogen and oxygen atoms in total. The Labute approximate surface area is 151 Å². The molecule has 0 bridgehead atoms. The molecule has 1 aromatic heterocycles. The summed E-state index contributed by atoms with van der Waals surface area (Å²) in [5.74, 6) is 2.33. The molecule has 0 atom stereocenters. The van der Waals surface area contributed by atoms with Crippen LogP contribution >= 0.6 is 0 Å². The largest absolute Gasteiger partial charge is 0.443 e. The Morgan fingerprint density at radius 1 is 1.36 bits per heavy atom. The van der Waals surface area contributed by atoms with E-state index < -0.39 is 0 Å². The van der Waals surface area contributed by atoms with Crippen LogP contribution in [0, 0.1) is 0 Å². The van der Waals surface area contributed by atoms with E-state index in [2.05, 4.69) is 46.3 Å². The second-order valence-corrected chi connectivity index (χ2v) is 7.48. The summed E-state index contributed by atoms with van der Waals surface area (Å²) in [6, 6.07) is 0.732. The molecule has 2 N–H and O–H groups in total. The average Bonchev–Trinajstić information content (AvgIpc) is 3.29. The van der Waals surface area contributed by atoms with Crippen molar-refractivity contribution in [3.63, 3.8) is 0 Å². The highest BCUT2D eigenvalue weighted by Gasteiger charge is 2.28. The third kappa shape index (κ3) is 6.66. The summed E-state index contributed by atoms with van der Waals surface area (Å²) in [4.78, 5) is 11.1. The van der Waals surface area contributed by atoms with Crippen molar-refractivity contribution in [1.29, 1.82) is 0 Å². The quantitative estimate of drug-likeness (QED) is 0.521. The van der Waals surface area contributed by atoms with Crippen LogP contribution in [0.25, 0.3) is 0 Å². The average molecular weight is 351 g/mol. The van der Waals surface area contributed by atoms with Gasteiger partial charge in [0.2, 0.25) is 5.89 Å². The highest BCUT2D eigenvalue weighted by molar-refractivity contribution is 5.79. The Morgan fingerprint density at radius 3 is 2.68 bits per heavy atom. The Balaban J connectivity index is 1.72. The molecule has 1 saturated carbocycles. The summed E-state index contributed by atoms with van der Waals surface area (Å²) in [7, 11) is 3.53. The molecular weight excluding hydrogens is 318 g/mol. The molecule has 7 heteroatoms. The summed E-state index contributed by atoms with van der Waals surface area (Å²) in [5.41, 5.74) is -0.0281. The van der Waals surface area contributed by atoms with Crippen LogP contribution < -0.4 is 10.6 Å². The first-order valence-electron chi connectivity index (χ1n) is 9.06. The Hall–Kier alpha value is -1.60. The molecular formula is C18H33N5O2. The number of nitrogens with zero attached hydrogens (tertiary/aromatic N) is 3. The van der Waals surface area contributed by atoms with Gasteiger partial charge in [-0.1, -0.05) is 20.8 Å². The van der Waals surface area contributed by atoms with Crippen LogP contribution in [0.15, 0.2) is 15.6 Å². The van der Waals surface area contributed by atoms with Crippen molar-refractivity contribution in [2.45, 2.75) is 51.6 Å². The van der Waals surface area contributed by atoms with Crippen molar-refractivity contribution in [1.82, 2.24) is 20.5 Å². The molecule has 2 rings (SSSR count). The van der Waals surface area contributed by atoms with E-state index in [4.69, 9.17) is 9.15 Å². The Bertz CT molecular complexity index is 546. The molecule has 1 aliphatic carbocycles. The second-order valence-electron chi connectivity index (χ2n) is 7.48. The third-order valence-corrected chi connectivity index (χ3v) is 4.26. The van der Waals surface area contributed by atoms with E-state index in [1.165, 1.54) is 12.8 Å². The lowest BCUT2D eigenvalue weighted by molar-refractivity contribution is 0.144. The van der Waals surface area contributed by atoms with Crippen LogP contribution in [-0.4, -0.2) is 62.3 Å². The summed E-state index contributed by atoms with van der Waals surface area (Å²) in [6.45, 7) is 10.5. The standard InChI is InChI=1S/C18H33N5O2/c1-18(2,3)15-12-21-16(25-15)13-22-17(19-4)20-8-9-23(10-11-24-5)14-6-7-14/h12,14H,6-11,13H2,1-5H3,(H2,19,20,22). The zero-order valence-electron chi connectivity index (χ0n) is 16.3. The lowest BCUT2D eigenvalue weighted by Crippen LogP contribution is -2.42. The SMILES string of the molecule is CN=C(NCCN(CCOC)C1CC1)NCc1ncc(C(C)(C)C)o1. The predicted octanol–water partition coefficient (Wildman–Crippen LogP) is 1.75. The van der Waals surface area contributed by atoms with Gasteiger partial charge in [0, 0.05) is 45.2 Å². The van der Waals surface area contributed by atoms with Crippen LogP contribution in [0.3, 0.4) is 0 Å². The number of methoxy groups -OCH3 is 1. The van der Waals surface area contributed by atoms with Crippen molar-refractivity contribution >= 4 is 5.96 Å². The first kappa shape index (κ1) is 19.7. The summed E-state index contributed by atoms with van der Waals surface area (Å²) < 4.78 is 11.0. The first-order valence-corrected chi connectivity index (χ1v) is 9.06. The molecule has 142 valence electrons. The lowest BCUT2D eigenvalue weighted by Gasteiger charge is -2.22. The highest BCUT2D eigenvalue weighted by atomic mass is 16.5. The van der Waals surface area contributed by atoms with E-state index in [0.29, 0.717) is 12.4 Å². The molecule has 25 heavy (non-hydrogen) atoms. The van der Waals surface area contributed by atoms with Gasteiger partial charge in [0.25, 0.3) is 0 Å². The van der Waals surface area contributed by atoms with Gasteiger partial charge in [-0.3, -0.25) is 9.89 Å². The number of hydrogen-bond donors (Lipinski definition) is 2. The fourth-order valence-corrected chi connectivity index (χ4v) is 2.56. The van der Waals surface area contributed by atoms with Gasteiger partial charge < -0.3 is 19.8 Å². The van der Waals surface area contributed by atoms with Gasteiger partial charge in [-0.05, 0) is 12.8 Å². The molecule has 0 aromatic carbocycles. The first-order chi connectivity index (χ1) is 11.9. The molecule has 1 aliphatic rings. The van der Waals surface area contributed by atoms with Crippen LogP contribution in [-0.2, 0) is 16.7 Å². The molecule has 0 radical (unpaired) electrons. The van der Waals surface area contributed by atoms with Gasteiger partial charge in [0.05, 0.1) is 19.3 Å². The van der Waals surface area contributed by atoms with E-state index in [0.717, 1.165) is 44.0 Å². The minimum Gasteiger partial charge on any atom is -0.443 e. The van der Waals surface area contributed by atoms with E-state index in [1.54, 1.807) is 20.4 Å². The van der Waals surface area contributed by atoms with Crippen LogP contribution in [0.2, 0.25) is 0 Å². The maximum absolute atomic E-state index is 5.79. The van der Waals surface area contributed by atoms with Crippen LogP contribution in [0.5, 0.6) is 0 Å². The van der Waals surface area contributed by atoms with E-state index >= 15 is 0 Å². The smallest absolute Gasteiger partial charge is 0.213 e. The lowest BCUT2D eigenvalue weighted by atomic mass is 9.94. The summed E-state index contributed by atoms with van der Waals surface area (Å²) >= 11 is 0. The van der Waals surface area contributed by atoms with E-state index in [-0.39, 0.29) is 5.41 Å². The number of guanidine groups is 1. The predicted molar refractivity (Wildman–Crippen MR) is 99.9 cm³/mol. The molecule has 0 aliphatic heterocycles. The van der Waals surface area contributed by atoms with Gasteiger partial charge in [0.1, 0.15) is 5.76 Å². The van der Waals surface area contributed by atoms with Gasteiger partial charge in [0.15, 0.2) is 5.96 Å². The van der Waals surface area contributed by atoms with Gasteiger partial charge in [-0.25, -0.2) is 4.98 Å². The second kappa shape index (κ2) is 9.20. The summed E-state index contributed by atoms with van der Waals surface area (Å²) in [5, 5.41) is 6.60. The number of ether oxygens (including phenoxy) is 1. The highest BCUT2D eigenvalue weighted by Crippen LogP contribution is 2.26. The van der Waals surface area contributed by atoms with Crippen molar-refractivity contribution in [2.24, 2.45) is 4.99 Å². The number of oxazole rings is 1. The van der Waals surface area contributed by atoms with E-state index in [1.807, 2.05) is 0 Å². The van der Waals surface area contributed by atoms with Crippen molar-refractivity contribution in [3.05, 3.63) is 17.8 Å². The fourth-order valence-electron chi connectivity index (χ4n) is 2.56. The van der Waals surface area contributed by atoms with Gasteiger partial charge in [-0.15, -0.1) is 0 Å². The Morgan fingerprint density at radius 2 is 2.12 bits per heavy atom. The third-order valence-electron chi connectivity index (χ3n) is 4.26. The van der Waals surface area contributed by atoms with Crippen molar-refractivity contribution in [3.8, 4) is 0 Å². The number of rotatable bonds is 9. The maximum Gasteiger partial charge on any atom is 0.213 e. The number of aliphatic imine (C=N–C) groups is 1. The molecule has 1 fully saturated rings. The summed E-state index contributed by atoms with van der Waals surface area (Å²) in [6.07, 6.45) is 4.41. The minimum atomic E-state index is -0.0281. The zero-order valence-corrected chi connectivity index (χ0v) is 16.3. The van der Waals surface area contributed by atoms with Gasteiger partial charge >= 0.3 is 0 Å². The molecule has 0 spiro atoms. The van der Waals surface area contributed by atoms with Gasteiger partial charge in [-0.2, -0.15) is 0 Å². The maximum atomic E-state index is 5.79. The number of nitrogens with one attached hydrogen (secondary N) is 2. The molecule has 0 saturated heterocycles. The molecule has 0 amide bonds. The van der Waals surface area contributed by atoms with Crippen molar-refractivity contribution in [2.75, 3.05) is 40.4 Å². The molecule has 1 aromatic rings.